The van der Waals surface area contributed by atoms with E-state index in [4.69, 9.17) is 0 Å². The number of aryl methyl sites for hydroxylation is 1. The molecule has 1 amide bonds. The van der Waals surface area contributed by atoms with E-state index in [0.717, 1.165) is 24.1 Å². The first-order valence-corrected chi connectivity index (χ1v) is 8.38. The van der Waals surface area contributed by atoms with Crippen LogP contribution in [0, 0.1) is 12.7 Å². The topological polar surface area (TPSA) is 32.3 Å². The van der Waals surface area contributed by atoms with Crippen LogP contribution in [0.3, 0.4) is 0 Å². The number of nitrogens with zero attached hydrogens (tertiary/aromatic N) is 1. The Hall–Kier alpha value is -2.20. The van der Waals surface area contributed by atoms with Crippen LogP contribution < -0.4 is 5.32 Å². The van der Waals surface area contributed by atoms with Crippen molar-refractivity contribution in [3.05, 3.63) is 70.5 Å². The molecule has 1 atom stereocenters. The van der Waals surface area contributed by atoms with Gasteiger partial charge in [-0.25, -0.2) is 4.39 Å². The lowest BCUT2D eigenvalue weighted by Crippen LogP contribution is -2.41. The number of carbonyl (C=O) groups excluding carboxylic acids is 1. The fraction of sp³-hybridized carbons (Fsp3) is 0.350. The Morgan fingerprint density at radius 3 is 2.88 bits per heavy atom. The number of hydrogen-bond acceptors (Lipinski definition) is 2. The van der Waals surface area contributed by atoms with Crippen LogP contribution in [0.25, 0.3) is 0 Å². The molecule has 0 radical (unpaired) electrons. The Labute approximate surface area is 142 Å². The molecule has 3 nitrogen and oxygen atoms in total. The molecule has 2 aromatic carbocycles. The molecule has 126 valence electrons. The highest BCUT2D eigenvalue weighted by Crippen LogP contribution is 2.29. The van der Waals surface area contributed by atoms with E-state index in [2.05, 4.69) is 10.2 Å². The van der Waals surface area contributed by atoms with Gasteiger partial charge >= 0.3 is 0 Å². The lowest BCUT2D eigenvalue weighted by Gasteiger charge is -2.34. The van der Waals surface area contributed by atoms with Crippen molar-refractivity contribution in [3.8, 4) is 0 Å². The number of benzene rings is 2. The molecule has 3 rings (SSSR count). The number of fused-ring (bicyclic) bond motifs is 1. The summed E-state index contributed by atoms with van der Waals surface area (Å²) in [7, 11) is 0. The number of nitrogens with one attached hydrogen (secondary N) is 1. The third kappa shape index (κ3) is 3.65. The maximum Gasteiger partial charge on any atom is 0.234 e. The van der Waals surface area contributed by atoms with Gasteiger partial charge in [-0.15, -0.1) is 0 Å². The van der Waals surface area contributed by atoms with Gasteiger partial charge in [0, 0.05) is 19.1 Å². The summed E-state index contributed by atoms with van der Waals surface area (Å²) in [5, 5.41) is 2.99. The fourth-order valence-corrected chi connectivity index (χ4v) is 3.30. The van der Waals surface area contributed by atoms with Gasteiger partial charge in [0.25, 0.3) is 0 Å². The monoisotopic (exact) mass is 326 g/mol. The van der Waals surface area contributed by atoms with Crippen molar-refractivity contribution < 1.29 is 9.18 Å². The van der Waals surface area contributed by atoms with Crippen LogP contribution in [0.15, 0.2) is 42.5 Å². The highest BCUT2D eigenvalue weighted by molar-refractivity contribution is 5.78. The van der Waals surface area contributed by atoms with E-state index in [1.165, 1.54) is 17.2 Å². The van der Waals surface area contributed by atoms with Gasteiger partial charge in [0.1, 0.15) is 5.82 Å². The van der Waals surface area contributed by atoms with Crippen LogP contribution in [-0.4, -0.2) is 23.9 Å². The first kappa shape index (κ1) is 16.7. The van der Waals surface area contributed by atoms with Crippen LogP contribution in [0.5, 0.6) is 0 Å². The second kappa shape index (κ2) is 7.14. The summed E-state index contributed by atoms with van der Waals surface area (Å²) in [5.74, 6) is -0.212. The van der Waals surface area contributed by atoms with Gasteiger partial charge in [-0.05, 0) is 54.7 Å². The molecule has 1 heterocycles. The van der Waals surface area contributed by atoms with Gasteiger partial charge in [-0.3, -0.25) is 9.69 Å². The highest BCUT2D eigenvalue weighted by Gasteiger charge is 2.25. The first-order chi connectivity index (χ1) is 11.5. The number of carbonyl (C=O) groups is 1. The van der Waals surface area contributed by atoms with E-state index in [1.807, 2.05) is 44.2 Å². The van der Waals surface area contributed by atoms with Crippen LogP contribution >= 0.6 is 0 Å². The standard InChI is InChI=1S/C20H23FN2O/c1-14-5-3-4-6-17(14)12-22-20(24)13-23-10-9-16-7-8-18(21)11-19(16)15(23)2/h3-8,11,15H,9-10,12-13H2,1-2H3,(H,22,24). The Morgan fingerprint density at radius 1 is 1.29 bits per heavy atom. The molecule has 1 N–H and O–H groups in total. The second-order valence-electron chi connectivity index (χ2n) is 6.44. The summed E-state index contributed by atoms with van der Waals surface area (Å²) in [4.78, 5) is 14.4. The Morgan fingerprint density at radius 2 is 2.08 bits per heavy atom. The summed E-state index contributed by atoms with van der Waals surface area (Å²) < 4.78 is 13.5. The minimum absolute atomic E-state index is 0.00459. The van der Waals surface area contributed by atoms with Crippen molar-refractivity contribution in [2.24, 2.45) is 0 Å². The molecule has 0 saturated carbocycles. The zero-order valence-electron chi connectivity index (χ0n) is 14.2. The number of hydrogen-bond donors (Lipinski definition) is 1. The number of rotatable bonds is 4. The van der Waals surface area contributed by atoms with E-state index in [-0.39, 0.29) is 17.8 Å². The predicted molar refractivity (Wildman–Crippen MR) is 93.1 cm³/mol. The molecular formula is C20H23FN2O. The quantitative estimate of drug-likeness (QED) is 0.934. The van der Waals surface area contributed by atoms with Crippen LogP contribution in [0.2, 0.25) is 0 Å². The van der Waals surface area contributed by atoms with Gasteiger partial charge in [0.2, 0.25) is 5.91 Å². The molecule has 4 heteroatoms. The van der Waals surface area contributed by atoms with Crippen LogP contribution in [-0.2, 0) is 17.8 Å². The zero-order chi connectivity index (χ0) is 17.1. The molecule has 1 unspecified atom stereocenters. The van der Waals surface area contributed by atoms with Crippen LogP contribution in [0.1, 0.15) is 35.2 Å². The molecule has 0 bridgehead atoms. The molecule has 0 aromatic heterocycles. The average molecular weight is 326 g/mol. The zero-order valence-corrected chi connectivity index (χ0v) is 14.2. The number of halogens is 1. The van der Waals surface area contributed by atoms with E-state index in [9.17, 15) is 9.18 Å². The lowest BCUT2D eigenvalue weighted by molar-refractivity contribution is -0.123. The van der Waals surface area contributed by atoms with Crippen molar-refractivity contribution in [2.75, 3.05) is 13.1 Å². The van der Waals surface area contributed by atoms with Crippen molar-refractivity contribution in [2.45, 2.75) is 32.9 Å². The SMILES string of the molecule is Cc1ccccc1CNC(=O)CN1CCc2ccc(F)cc2C1C. The maximum atomic E-state index is 13.5. The first-order valence-electron chi connectivity index (χ1n) is 8.38. The van der Waals surface area contributed by atoms with Crippen molar-refractivity contribution >= 4 is 5.91 Å². The van der Waals surface area contributed by atoms with E-state index < -0.39 is 0 Å². The van der Waals surface area contributed by atoms with E-state index >= 15 is 0 Å². The van der Waals surface area contributed by atoms with Crippen molar-refractivity contribution in [3.63, 3.8) is 0 Å². The average Bonchev–Trinajstić information content (AvgIpc) is 2.57. The summed E-state index contributed by atoms with van der Waals surface area (Å²) >= 11 is 0. The largest absolute Gasteiger partial charge is 0.351 e. The summed E-state index contributed by atoms with van der Waals surface area (Å²) in [6, 6.07) is 13.1. The van der Waals surface area contributed by atoms with Gasteiger partial charge in [0.15, 0.2) is 0 Å². The third-order valence-corrected chi connectivity index (χ3v) is 4.86. The molecule has 1 aliphatic rings. The van der Waals surface area contributed by atoms with Crippen molar-refractivity contribution in [1.82, 2.24) is 10.2 Å². The molecule has 2 aromatic rings. The molecule has 0 spiro atoms. The van der Waals surface area contributed by atoms with Crippen LogP contribution in [0.4, 0.5) is 4.39 Å². The maximum absolute atomic E-state index is 13.5. The molecular weight excluding hydrogens is 303 g/mol. The Bertz CT molecular complexity index is 744. The summed E-state index contributed by atoms with van der Waals surface area (Å²) in [6.07, 6.45) is 0.852. The van der Waals surface area contributed by atoms with Gasteiger partial charge in [-0.1, -0.05) is 30.3 Å². The molecule has 0 fully saturated rings. The minimum Gasteiger partial charge on any atom is -0.351 e. The molecule has 24 heavy (non-hydrogen) atoms. The second-order valence-corrected chi connectivity index (χ2v) is 6.44. The molecule has 0 aliphatic carbocycles. The van der Waals surface area contributed by atoms with E-state index in [1.54, 1.807) is 6.07 Å². The van der Waals surface area contributed by atoms with Crippen molar-refractivity contribution in [1.29, 1.82) is 0 Å². The van der Waals surface area contributed by atoms with Gasteiger partial charge in [-0.2, -0.15) is 0 Å². The highest BCUT2D eigenvalue weighted by atomic mass is 19.1. The normalized spacial score (nSPS) is 17.4. The minimum atomic E-state index is -0.216. The number of amides is 1. The summed E-state index contributed by atoms with van der Waals surface area (Å²) in [5.41, 5.74) is 4.48. The third-order valence-electron chi connectivity index (χ3n) is 4.86. The molecule has 1 aliphatic heterocycles. The smallest absolute Gasteiger partial charge is 0.234 e. The predicted octanol–water partition coefficient (Wildman–Crippen LogP) is 3.37. The lowest BCUT2D eigenvalue weighted by atomic mass is 9.93. The molecule has 0 saturated heterocycles. The van der Waals surface area contributed by atoms with E-state index in [0.29, 0.717) is 13.1 Å². The van der Waals surface area contributed by atoms with Gasteiger partial charge < -0.3 is 5.32 Å². The van der Waals surface area contributed by atoms with Gasteiger partial charge in [0.05, 0.1) is 6.54 Å². The Balaban J connectivity index is 1.60. The summed E-state index contributed by atoms with van der Waals surface area (Å²) in [6.45, 7) is 5.77. The fourth-order valence-electron chi connectivity index (χ4n) is 3.30. The Kier molecular flexibility index (Phi) is 4.95.